The molecule has 112 valence electrons. The van der Waals surface area contributed by atoms with Crippen molar-refractivity contribution in [3.05, 3.63) is 63.6 Å². The Morgan fingerprint density at radius 1 is 1.05 bits per heavy atom. The van der Waals surface area contributed by atoms with Crippen molar-refractivity contribution in [1.82, 2.24) is 0 Å². The topological polar surface area (TPSA) is 60.2 Å². The van der Waals surface area contributed by atoms with Crippen LogP contribution >= 0.6 is 23.2 Å². The smallest absolute Gasteiger partial charge is 0.175 e. The van der Waals surface area contributed by atoms with Crippen molar-refractivity contribution in [1.29, 1.82) is 0 Å². The zero-order chi connectivity index (χ0) is 15.6. The zero-order valence-electron chi connectivity index (χ0n) is 11.4. The molecule has 0 radical (unpaired) electrons. The molecule has 0 saturated heterocycles. The first-order valence-corrected chi connectivity index (χ1v) is 8.91. The Hall–Kier alpha value is -1.07. The monoisotopic (exact) mass is 343 g/mol. The summed E-state index contributed by atoms with van der Waals surface area (Å²) in [5.74, 6) is 0. The summed E-state index contributed by atoms with van der Waals surface area (Å²) in [6.45, 7) is 0. The molecule has 2 rings (SSSR count). The molecule has 0 fully saturated rings. The van der Waals surface area contributed by atoms with E-state index in [0.717, 1.165) is 11.1 Å². The van der Waals surface area contributed by atoms with Gasteiger partial charge in [0.25, 0.3) is 0 Å². The van der Waals surface area contributed by atoms with E-state index in [2.05, 4.69) is 0 Å². The van der Waals surface area contributed by atoms with E-state index >= 15 is 0 Å². The Kier molecular flexibility index (Phi) is 4.94. The molecule has 0 aromatic heterocycles. The summed E-state index contributed by atoms with van der Waals surface area (Å²) in [5, 5.41) is 1.00. The maximum absolute atomic E-state index is 11.4. The standard InChI is InChI=1S/C15H15Cl2NO2S/c1-21(19,20)12-5-3-11(4-6-12)15(18)9-10-2-7-13(16)14(17)8-10/h2-8,15H,9,18H2,1H3. The lowest BCUT2D eigenvalue weighted by atomic mass is 10.00. The second-order valence-corrected chi connectivity index (χ2v) is 7.73. The van der Waals surface area contributed by atoms with E-state index in [-0.39, 0.29) is 10.9 Å². The molecule has 0 aliphatic carbocycles. The second kappa shape index (κ2) is 6.36. The molecule has 2 aromatic carbocycles. The Morgan fingerprint density at radius 2 is 1.67 bits per heavy atom. The predicted octanol–water partition coefficient (Wildman–Crippen LogP) is 3.64. The van der Waals surface area contributed by atoms with Crippen molar-refractivity contribution in [2.45, 2.75) is 17.4 Å². The van der Waals surface area contributed by atoms with E-state index in [4.69, 9.17) is 28.9 Å². The molecule has 2 N–H and O–H groups in total. The van der Waals surface area contributed by atoms with Crippen molar-refractivity contribution in [2.75, 3.05) is 6.26 Å². The lowest BCUT2D eigenvalue weighted by molar-refractivity contribution is 0.601. The minimum absolute atomic E-state index is 0.240. The third-order valence-electron chi connectivity index (χ3n) is 3.18. The Labute approximate surface area is 134 Å². The zero-order valence-corrected chi connectivity index (χ0v) is 13.7. The number of hydrogen-bond donors (Lipinski definition) is 1. The molecule has 1 unspecified atom stereocenters. The SMILES string of the molecule is CS(=O)(=O)c1ccc(C(N)Cc2ccc(Cl)c(Cl)c2)cc1. The minimum Gasteiger partial charge on any atom is -0.324 e. The second-order valence-electron chi connectivity index (χ2n) is 4.90. The molecule has 3 nitrogen and oxygen atoms in total. The third kappa shape index (κ3) is 4.20. The number of nitrogens with two attached hydrogens (primary N) is 1. The fourth-order valence-electron chi connectivity index (χ4n) is 2.00. The molecule has 0 amide bonds. The van der Waals surface area contributed by atoms with Gasteiger partial charge in [-0.25, -0.2) is 8.42 Å². The first-order chi connectivity index (χ1) is 9.77. The van der Waals surface area contributed by atoms with Gasteiger partial charge in [0.05, 0.1) is 14.9 Å². The summed E-state index contributed by atoms with van der Waals surface area (Å²) in [6.07, 6.45) is 1.77. The molecule has 1 atom stereocenters. The molecule has 0 heterocycles. The fraction of sp³-hybridized carbons (Fsp3) is 0.200. The molecule has 0 spiro atoms. The van der Waals surface area contributed by atoms with Crippen molar-refractivity contribution < 1.29 is 8.42 Å². The molecule has 2 aromatic rings. The van der Waals surface area contributed by atoms with Gasteiger partial charge in [-0.3, -0.25) is 0 Å². The highest BCUT2D eigenvalue weighted by Crippen LogP contribution is 2.25. The normalized spacial score (nSPS) is 13.1. The van der Waals surface area contributed by atoms with Gasteiger partial charge in [0, 0.05) is 12.3 Å². The maximum Gasteiger partial charge on any atom is 0.175 e. The molecular formula is C15H15Cl2NO2S. The molecule has 0 bridgehead atoms. The summed E-state index contributed by atoms with van der Waals surface area (Å²) in [5.41, 5.74) is 7.99. The van der Waals surface area contributed by atoms with Crippen molar-refractivity contribution >= 4 is 33.0 Å². The average molecular weight is 344 g/mol. The van der Waals surface area contributed by atoms with Crippen LogP contribution in [0.2, 0.25) is 10.0 Å². The van der Waals surface area contributed by atoms with E-state index < -0.39 is 9.84 Å². The fourth-order valence-corrected chi connectivity index (χ4v) is 2.95. The van der Waals surface area contributed by atoms with Crippen LogP contribution in [0.4, 0.5) is 0 Å². The number of sulfone groups is 1. The summed E-state index contributed by atoms with van der Waals surface area (Å²) >= 11 is 11.8. The van der Waals surface area contributed by atoms with E-state index in [1.165, 1.54) is 6.26 Å². The number of rotatable bonds is 4. The van der Waals surface area contributed by atoms with E-state index in [1.54, 1.807) is 36.4 Å². The van der Waals surface area contributed by atoms with E-state index in [1.807, 2.05) is 6.07 Å². The highest BCUT2D eigenvalue weighted by Gasteiger charge is 2.11. The van der Waals surface area contributed by atoms with Gasteiger partial charge in [-0.05, 0) is 41.8 Å². The quantitative estimate of drug-likeness (QED) is 0.921. The summed E-state index contributed by atoms with van der Waals surface area (Å²) in [7, 11) is -3.19. The van der Waals surface area contributed by atoms with Gasteiger partial charge >= 0.3 is 0 Å². The van der Waals surface area contributed by atoms with Crippen LogP contribution in [-0.4, -0.2) is 14.7 Å². The van der Waals surface area contributed by atoms with Crippen LogP contribution < -0.4 is 5.73 Å². The molecule has 6 heteroatoms. The molecular weight excluding hydrogens is 329 g/mol. The number of benzene rings is 2. The summed E-state index contributed by atoms with van der Waals surface area (Å²) in [4.78, 5) is 0.285. The highest BCUT2D eigenvalue weighted by atomic mass is 35.5. The number of halogens is 2. The van der Waals surface area contributed by atoms with Crippen molar-refractivity contribution in [3.63, 3.8) is 0 Å². The van der Waals surface area contributed by atoms with Crippen LogP contribution in [0.5, 0.6) is 0 Å². The lowest BCUT2D eigenvalue weighted by Crippen LogP contribution is -2.13. The minimum atomic E-state index is -3.19. The molecule has 21 heavy (non-hydrogen) atoms. The van der Waals surface area contributed by atoms with Gasteiger partial charge in [-0.2, -0.15) is 0 Å². The highest BCUT2D eigenvalue weighted by molar-refractivity contribution is 7.90. The van der Waals surface area contributed by atoms with Gasteiger partial charge in [0.2, 0.25) is 0 Å². The molecule has 0 aliphatic heterocycles. The van der Waals surface area contributed by atoms with E-state index in [9.17, 15) is 8.42 Å². The van der Waals surface area contributed by atoms with Gasteiger partial charge in [-0.1, -0.05) is 41.4 Å². The molecule has 0 aliphatic rings. The van der Waals surface area contributed by atoms with Crippen LogP contribution in [-0.2, 0) is 16.3 Å². The first kappa shape index (κ1) is 16.3. The van der Waals surface area contributed by atoms with Gasteiger partial charge in [0.1, 0.15) is 0 Å². The van der Waals surface area contributed by atoms with E-state index in [0.29, 0.717) is 16.5 Å². The Morgan fingerprint density at radius 3 is 2.19 bits per heavy atom. The molecule has 0 saturated carbocycles. The first-order valence-electron chi connectivity index (χ1n) is 6.27. The maximum atomic E-state index is 11.4. The largest absolute Gasteiger partial charge is 0.324 e. The summed E-state index contributed by atoms with van der Waals surface area (Å²) in [6, 6.07) is 11.8. The van der Waals surface area contributed by atoms with Crippen LogP contribution in [0.3, 0.4) is 0 Å². The van der Waals surface area contributed by atoms with Crippen LogP contribution in [0, 0.1) is 0 Å². The van der Waals surface area contributed by atoms with Gasteiger partial charge < -0.3 is 5.73 Å². The average Bonchev–Trinajstić information content (AvgIpc) is 2.42. The summed E-state index contributed by atoms with van der Waals surface area (Å²) < 4.78 is 22.8. The predicted molar refractivity (Wildman–Crippen MR) is 86.6 cm³/mol. The van der Waals surface area contributed by atoms with Crippen LogP contribution in [0.15, 0.2) is 47.4 Å². The van der Waals surface area contributed by atoms with Crippen LogP contribution in [0.25, 0.3) is 0 Å². The van der Waals surface area contributed by atoms with Crippen LogP contribution in [0.1, 0.15) is 17.2 Å². The Balaban J connectivity index is 2.16. The van der Waals surface area contributed by atoms with Crippen molar-refractivity contribution in [2.24, 2.45) is 5.73 Å². The van der Waals surface area contributed by atoms with Crippen molar-refractivity contribution in [3.8, 4) is 0 Å². The van der Waals surface area contributed by atoms with Gasteiger partial charge in [0.15, 0.2) is 9.84 Å². The lowest BCUT2D eigenvalue weighted by Gasteiger charge is -2.13. The Bertz CT molecular complexity index is 743. The third-order valence-corrected chi connectivity index (χ3v) is 5.04. The van der Waals surface area contributed by atoms with Gasteiger partial charge in [-0.15, -0.1) is 0 Å². The number of hydrogen-bond acceptors (Lipinski definition) is 3.